The number of aromatic nitrogens is 2. The first-order valence-electron chi connectivity index (χ1n) is 10.5. The van der Waals surface area contributed by atoms with Crippen molar-refractivity contribution in [2.24, 2.45) is 0 Å². The molecule has 11 heteroatoms. The summed E-state index contributed by atoms with van der Waals surface area (Å²) < 4.78 is 63.5. The largest absolute Gasteiger partial charge is 0.755 e. The second kappa shape index (κ2) is 10.1. The molecule has 2 heterocycles. The number of benzene rings is 1. The van der Waals surface area contributed by atoms with Crippen molar-refractivity contribution in [1.82, 2.24) is 15.1 Å². The second-order valence-corrected chi connectivity index (χ2v) is 8.76. The number of likely N-dealkylation sites (N-methyl/N-ethyl adjacent to an activating group) is 1. The molecule has 0 radical (unpaired) electrons. The van der Waals surface area contributed by atoms with Crippen molar-refractivity contribution in [3.63, 3.8) is 0 Å². The molecule has 2 N–H and O–H groups in total. The Morgan fingerprint density at radius 3 is 2.66 bits per heavy atom. The van der Waals surface area contributed by atoms with Crippen LogP contribution >= 0.6 is 0 Å². The van der Waals surface area contributed by atoms with Gasteiger partial charge in [-0.1, -0.05) is 19.4 Å². The van der Waals surface area contributed by atoms with E-state index in [9.17, 15) is 21.9 Å². The molecule has 0 amide bonds. The molecule has 32 heavy (non-hydrogen) atoms. The smallest absolute Gasteiger partial charge is 0.416 e. The Labute approximate surface area is 188 Å². The van der Waals surface area contributed by atoms with Crippen molar-refractivity contribution < 1.29 is 21.9 Å². The number of rotatable bonds is 7. The highest BCUT2D eigenvalue weighted by molar-refractivity contribution is 7.80. The van der Waals surface area contributed by atoms with Crippen LogP contribution in [0.4, 0.5) is 24.7 Å². The first-order chi connectivity index (χ1) is 15.1. The third-order valence-corrected chi connectivity index (χ3v) is 6.15. The summed E-state index contributed by atoms with van der Waals surface area (Å²) in [6.45, 7) is 5.05. The highest BCUT2D eigenvalue weighted by atomic mass is 32.2. The molecular formula is C21H27F3N5O2S-. The number of nitrogens with one attached hydrogen (secondary N) is 2. The summed E-state index contributed by atoms with van der Waals surface area (Å²) in [4.78, 5) is 2.35. The standard InChI is InChI=1S/C21H28F3N5O2S/c1-4-6-19-16(7-5-10-29(19)3)25-20-13(2)11-17(26-27-20)15-9-8-14(21(22,23)24)12-18(15)28-32(30)31/h8-9,11-12,16,19,28H,4-7,10H2,1-3H3,(H,25,27)(H,30,31)/p-1. The van der Waals surface area contributed by atoms with Crippen LogP contribution in [0.3, 0.4) is 0 Å². The molecule has 7 nitrogen and oxygen atoms in total. The minimum Gasteiger partial charge on any atom is -0.755 e. The first-order valence-corrected chi connectivity index (χ1v) is 11.6. The average Bonchev–Trinajstić information content (AvgIpc) is 2.71. The second-order valence-electron chi connectivity index (χ2n) is 8.09. The predicted molar refractivity (Wildman–Crippen MR) is 118 cm³/mol. The Bertz CT molecular complexity index is 973. The van der Waals surface area contributed by atoms with Gasteiger partial charge in [0.1, 0.15) is 0 Å². The maximum atomic E-state index is 13.1. The van der Waals surface area contributed by atoms with Gasteiger partial charge in [0.2, 0.25) is 0 Å². The molecule has 1 aliphatic heterocycles. The van der Waals surface area contributed by atoms with Gasteiger partial charge >= 0.3 is 6.18 Å². The molecule has 2 aromatic rings. The molecule has 1 saturated heterocycles. The van der Waals surface area contributed by atoms with Gasteiger partial charge in [0.05, 0.1) is 16.9 Å². The summed E-state index contributed by atoms with van der Waals surface area (Å²) in [5.41, 5.74) is 0.0961. The summed E-state index contributed by atoms with van der Waals surface area (Å²) in [5.74, 6) is 0.615. The van der Waals surface area contributed by atoms with E-state index < -0.39 is 23.0 Å². The number of anilines is 2. The van der Waals surface area contributed by atoms with E-state index in [4.69, 9.17) is 0 Å². The topological polar surface area (TPSA) is 93.2 Å². The first kappa shape index (κ1) is 24.4. The quantitative estimate of drug-likeness (QED) is 0.585. The lowest BCUT2D eigenvalue weighted by Gasteiger charge is -2.40. The number of aryl methyl sites for hydroxylation is 1. The molecular weight excluding hydrogens is 443 g/mol. The van der Waals surface area contributed by atoms with Crippen LogP contribution in [0.2, 0.25) is 0 Å². The van der Waals surface area contributed by atoms with Crippen LogP contribution in [0.1, 0.15) is 43.7 Å². The summed E-state index contributed by atoms with van der Waals surface area (Å²) >= 11 is -2.79. The predicted octanol–water partition coefficient (Wildman–Crippen LogP) is 4.35. The zero-order valence-electron chi connectivity index (χ0n) is 18.2. The fraction of sp³-hybridized carbons (Fsp3) is 0.524. The Morgan fingerprint density at radius 2 is 2.03 bits per heavy atom. The minimum atomic E-state index is -4.60. The van der Waals surface area contributed by atoms with Crippen LogP contribution in [0, 0.1) is 6.92 Å². The van der Waals surface area contributed by atoms with Gasteiger partial charge in [-0.2, -0.15) is 13.2 Å². The fourth-order valence-electron chi connectivity index (χ4n) is 4.16. The molecule has 3 atom stereocenters. The molecule has 1 aromatic carbocycles. The van der Waals surface area contributed by atoms with Gasteiger partial charge in [-0.25, -0.2) is 0 Å². The van der Waals surface area contributed by atoms with Crippen LogP contribution < -0.4 is 10.0 Å². The van der Waals surface area contributed by atoms with Gasteiger partial charge in [0, 0.05) is 28.9 Å². The van der Waals surface area contributed by atoms with Crippen LogP contribution in [0.5, 0.6) is 0 Å². The Balaban J connectivity index is 1.90. The van der Waals surface area contributed by atoms with Crippen molar-refractivity contribution in [3.05, 3.63) is 35.4 Å². The monoisotopic (exact) mass is 470 g/mol. The maximum absolute atomic E-state index is 13.1. The maximum Gasteiger partial charge on any atom is 0.416 e. The van der Waals surface area contributed by atoms with E-state index in [1.807, 2.05) is 11.6 Å². The van der Waals surface area contributed by atoms with Gasteiger partial charge < -0.3 is 19.5 Å². The number of alkyl halides is 3. The van der Waals surface area contributed by atoms with Crippen LogP contribution in [-0.4, -0.2) is 49.5 Å². The molecule has 1 fully saturated rings. The van der Waals surface area contributed by atoms with Crippen LogP contribution in [0.15, 0.2) is 24.3 Å². The van der Waals surface area contributed by atoms with E-state index in [-0.39, 0.29) is 23.0 Å². The van der Waals surface area contributed by atoms with E-state index in [0.717, 1.165) is 49.9 Å². The van der Waals surface area contributed by atoms with Crippen molar-refractivity contribution in [1.29, 1.82) is 0 Å². The number of hydrogen-bond donors (Lipinski definition) is 2. The molecule has 0 aliphatic carbocycles. The molecule has 1 aromatic heterocycles. The van der Waals surface area contributed by atoms with Gasteiger partial charge in [-0.15, -0.1) is 10.2 Å². The normalized spacial score (nSPS) is 20.7. The Morgan fingerprint density at radius 1 is 1.28 bits per heavy atom. The highest BCUT2D eigenvalue weighted by Crippen LogP contribution is 2.36. The van der Waals surface area contributed by atoms with E-state index in [0.29, 0.717) is 11.9 Å². The van der Waals surface area contributed by atoms with Gasteiger partial charge in [0.25, 0.3) is 0 Å². The van der Waals surface area contributed by atoms with Gasteiger partial charge in [-0.05, 0) is 63.5 Å². The van der Waals surface area contributed by atoms with Gasteiger partial charge in [0.15, 0.2) is 5.82 Å². The lowest BCUT2D eigenvalue weighted by molar-refractivity contribution is -0.137. The van der Waals surface area contributed by atoms with Crippen molar-refractivity contribution in [2.75, 3.05) is 23.6 Å². The Hall–Kier alpha value is -2.24. The number of halogens is 3. The molecule has 0 spiro atoms. The van der Waals surface area contributed by atoms with Crippen molar-refractivity contribution >= 4 is 22.8 Å². The number of likely N-dealkylation sites (tertiary alicyclic amines) is 1. The third-order valence-electron chi connectivity index (χ3n) is 5.76. The van der Waals surface area contributed by atoms with E-state index in [2.05, 4.69) is 34.4 Å². The lowest BCUT2D eigenvalue weighted by atomic mass is 9.93. The van der Waals surface area contributed by atoms with Crippen molar-refractivity contribution in [3.8, 4) is 11.3 Å². The summed E-state index contributed by atoms with van der Waals surface area (Å²) in [5, 5.41) is 11.9. The van der Waals surface area contributed by atoms with Crippen LogP contribution in [0.25, 0.3) is 11.3 Å². The summed E-state index contributed by atoms with van der Waals surface area (Å²) in [7, 11) is 2.12. The minimum absolute atomic E-state index is 0.209. The van der Waals surface area contributed by atoms with E-state index in [1.165, 1.54) is 6.07 Å². The zero-order valence-corrected chi connectivity index (χ0v) is 19.0. The zero-order chi connectivity index (χ0) is 23.5. The van der Waals surface area contributed by atoms with Gasteiger partial charge in [-0.3, -0.25) is 4.21 Å². The fourth-order valence-corrected chi connectivity index (χ4v) is 4.51. The van der Waals surface area contributed by atoms with Crippen molar-refractivity contribution in [2.45, 2.75) is 57.8 Å². The molecule has 3 rings (SSSR count). The summed E-state index contributed by atoms with van der Waals surface area (Å²) in [6, 6.07) is 5.14. The van der Waals surface area contributed by atoms with E-state index in [1.54, 1.807) is 6.07 Å². The molecule has 0 bridgehead atoms. The number of nitrogens with zero attached hydrogens (tertiary/aromatic N) is 3. The average molecular weight is 471 g/mol. The third kappa shape index (κ3) is 5.76. The lowest BCUT2D eigenvalue weighted by Crippen LogP contribution is -2.49. The molecule has 1 aliphatic rings. The molecule has 0 saturated carbocycles. The SMILES string of the molecule is CCCC1C(Nc2nnc(-c3ccc(C(F)(F)F)cc3NS(=O)[O-])cc2C)CCCN1C. The number of hydrogen-bond acceptors (Lipinski definition) is 6. The van der Waals surface area contributed by atoms with Crippen LogP contribution in [-0.2, 0) is 17.4 Å². The highest BCUT2D eigenvalue weighted by Gasteiger charge is 2.32. The van der Waals surface area contributed by atoms with E-state index >= 15 is 0 Å². The Kier molecular flexibility index (Phi) is 7.73. The summed E-state index contributed by atoms with van der Waals surface area (Å²) in [6.07, 6.45) is -0.379. The molecule has 176 valence electrons. The number of piperidine rings is 1. The molecule has 3 unspecified atom stereocenters.